The molecular weight excluding hydrogens is 276 g/mol. The maximum atomic E-state index is 12.1. The highest BCUT2D eigenvalue weighted by Crippen LogP contribution is 2.24. The zero-order chi connectivity index (χ0) is 14.6. The van der Waals surface area contributed by atoms with E-state index in [1.807, 2.05) is 7.05 Å². The Kier molecular flexibility index (Phi) is 5.15. The Bertz CT molecular complexity index is 524. The van der Waals surface area contributed by atoms with Crippen molar-refractivity contribution in [2.75, 3.05) is 26.7 Å². The van der Waals surface area contributed by atoms with Crippen molar-refractivity contribution in [3.63, 3.8) is 0 Å². The van der Waals surface area contributed by atoms with Crippen LogP contribution in [-0.2, 0) is 16.4 Å². The summed E-state index contributed by atoms with van der Waals surface area (Å²) in [6, 6.07) is 7.27. The minimum atomic E-state index is -3.43. The summed E-state index contributed by atoms with van der Waals surface area (Å²) in [4.78, 5) is 2.46. The fourth-order valence-electron chi connectivity index (χ4n) is 2.10. The van der Waals surface area contributed by atoms with Crippen molar-refractivity contribution in [2.45, 2.75) is 30.2 Å². The van der Waals surface area contributed by atoms with Crippen molar-refractivity contribution >= 4 is 10.0 Å². The molecule has 1 aromatic rings. The van der Waals surface area contributed by atoms with Crippen molar-refractivity contribution in [3.8, 4) is 0 Å². The Labute approximate surface area is 120 Å². The van der Waals surface area contributed by atoms with Gasteiger partial charge in [0.2, 0.25) is 10.0 Å². The summed E-state index contributed by atoms with van der Waals surface area (Å²) in [5.41, 5.74) is 0.930. The largest absolute Gasteiger partial charge is 0.396 e. The summed E-state index contributed by atoms with van der Waals surface area (Å²) in [6.07, 6.45) is 2.98. The lowest BCUT2D eigenvalue weighted by molar-refractivity contribution is 0.299. The van der Waals surface area contributed by atoms with Crippen molar-refractivity contribution in [1.29, 1.82) is 0 Å². The van der Waals surface area contributed by atoms with Crippen molar-refractivity contribution in [3.05, 3.63) is 29.8 Å². The monoisotopic (exact) mass is 298 g/mol. The Morgan fingerprint density at radius 1 is 1.30 bits per heavy atom. The first-order valence-corrected chi connectivity index (χ1v) is 8.41. The summed E-state index contributed by atoms with van der Waals surface area (Å²) in [7, 11) is -1.41. The number of likely N-dealkylation sites (N-methyl/N-ethyl adjacent to an activating group) is 1. The summed E-state index contributed by atoms with van der Waals surface area (Å²) in [5.74, 6) is 0. The normalized spacial score (nSPS) is 15.8. The van der Waals surface area contributed by atoms with Crippen LogP contribution in [-0.4, -0.2) is 51.2 Å². The van der Waals surface area contributed by atoms with E-state index >= 15 is 0 Å². The van der Waals surface area contributed by atoms with Gasteiger partial charge in [-0.05, 0) is 44.0 Å². The highest BCUT2D eigenvalue weighted by Gasteiger charge is 2.25. The summed E-state index contributed by atoms with van der Waals surface area (Å²) in [6.45, 7) is 1.22. The van der Waals surface area contributed by atoms with Crippen LogP contribution in [0.1, 0.15) is 18.4 Å². The van der Waals surface area contributed by atoms with Crippen molar-refractivity contribution in [2.24, 2.45) is 0 Å². The van der Waals surface area contributed by atoms with Crippen LogP contribution in [0.5, 0.6) is 0 Å². The van der Waals surface area contributed by atoms with Gasteiger partial charge in [-0.3, -0.25) is 0 Å². The van der Waals surface area contributed by atoms with Gasteiger partial charge in [0.05, 0.1) is 4.90 Å². The fourth-order valence-corrected chi connectivity index (χ4v) is 3.12. The number of nitrogens with zero attached hydrogens (tertiary/aromatic N) is 1. The van der Waals surface area contributed by atoms with E-state index < -0.39 is 10.0 Å². The van der Waals surface area contributed by atoms with Gasteiger partial charge in [-0.15, -0.1) is 0 Å². The Hall–Kier alpha value is -0.950. The molecule has 0 saturated heterocycles. The second-order valence-electron chi connectivity index (χ2n) is 5.23. The number of benzene rings is 1. The average molecular weight is 298 g/mol. The number of rotatable bonds is 8. The van der Waals surface area contributed by atoms with E-state index in [4.69, 9.17) is 5.11 Å². The molecule has 20 heavy (non-hydrogen) atoms. The third kappa shape index (κ3) is 4.28. The third-order valence-electron chi connectivity index (χ3n) is 3.56. The molecule has 2 N–H and O–H groups in total. The van der Waals surface area contributed by atoms with Crippen LogP contribution >= 0.6 is 0 Å². The molecule has 1 aliphatic rings. The zero-order valence-corrected chi connectivity index (χ0v) is 12.6. The maximum absolute atomic E-state index is 12.1. The number of sulfonamides is 1. The predicted molar refractivity (Wildman–Crippen MR) is 78.1 cm³/mol. The molecule has 112 valence electrons. The molecule has 0 unspecified atom stereocenters. The van der Waals surface area contributed by atoms with E-state index in [2.05, 4.69) is 9.62 Å². The molecule has 0 heterocycles. The average Bonchev–Trinajstić information content (AvgIpc) is 3.24. The minimum absolute atomic E-state index is 0.0673. The number of aliphatic hydroxyl groups excluding tert-OH is 1. The van der Waals surface area contributed by atoms with Gasteiger partial charge in [-0.1, -0.05) is 12.1 Å². The predicted octanol–water partition coefficient (Wildman–Crippen LogP) is 0.594. The molecule has 0 radical (unpaired) electrons. The van der Waals surface area contributed by atoms with E-state index in [0.717, 1.165) is 12.1 Å². The quantitative estimate of drug-likeness (QED) is 0.737. The molecule has 1 fully saturated rings. The molecule has 0 amide bonds. The van der Waals surface area contributed by atoms with Gasteiger partial charge >= 0.3 is 0 Å². The van der Waals surface area contributed by atoms with Crippen LogP contribution in [0.2, 0.25) is 0 Å². The molecule has 1 aromatic carbocycles. The van der Waals surface area contributed by atoms with Gasteiger partial charge in [0.15, 0.2) is 0 Å². The van der Waals surface area contributed by atoms with E-state index in [9.17, 15) is 8.42 Å². The molecule has 1 aliphatic carbocycles. The molecule has 2 rings (SSSR count). The SMILES string of the molecule is CN(CCNS(=O)(=O)c1ccc(CCO)cc1)C1CC1. The topological polar surface area (TPSA) is 69.6 Å². The van der Waals surface area contributed by atoms with Gasteiger partial charge < -0.3 is 10.0 Å². The van der Waals surface area contributed by atoms with Crippen LogP contribution in [0.15, 0.2) is 29.2 Å². The first-order valence-electron chi connectivity index (χ1n) is 6.92. The smallest absolute Gasteiger partial charge is 0.240 e. The Morgan fingerprint density at radius 3 is 2.50 bits per heavy atom. The summed E-state index contributed by atoms with van der Waals surface area (Å²) in [5, 5.41) is 8.83. The summed E-state index contributed by atoms with van der Waals surface area (Å²) < 4.78 is 26.8. The Balaban J connectivity index is 1.88. The van der Waals surface area contributed by atoms with Crippen LogP contribution in [0.25, 0.3) is 0 Å². The lowest BCUT2D eigenvalue weighted by Gasteiger charge is -2.15. The van der Waals surface area contributed by atoms with E-state index in [1.54, 1.807) is 24.3 Å². The number of nitrogens with one attached hydrogen (secondary N) is 1. The second-order valence-corrected chi connectivity index (χ2v) is 6.99. The van der Waals surface area contributed by atoms with Gasteiger partial charge in [0, 0.05) is 25.7 Å². The minimum Gasteiger partial charge on any atom is -0.396 e. The van der Waals surface area contributed by atoms with Gasteiger partial charge in [-0.25, -0.2) is 13.1 Å². The highest BCUT2D eigenvalue weighted by molar-refractivity contribution is 7.89. The molecule has 6 heteroatoms. The van der Waals surface area contributed by atoms with Gasteiger partial charge in [0.1, 0.15) is 0 Å². The number of aliphatic hydroxyl groups is 1. The van der Waals surface area contributed by atoms with Crippen LogP contribution in [0.3, 0.4) is 0 Å². The highest BCUT2D eigenvalue weighted by atomic mass is 32.2. The Morgan fingerprint density at radius 2 is 1.95 bits per heavy atom. The molecular formula is C14H22N2O3S. The molecule has 0 aliphatic heterocycles. The standard InChI is InChI=1S/C14H22N2O3S/c1-16(13-4-5-13)10-9-15-20(18,19)14-6-2-12(3-7-14)8-11-17/h2-3,6-7,13,15,17H,4-5,8-11H2,1H3. The maximum Gasteiger partial charge on any atom is 0.240 e. The van der Waals surface area contributed by atoms with Gasteiger partial charge in [-0.2, -0.15) is 0 Å². The fraction of sp³-hybridized carbons (Fsp3) is 0.571. The lowest BCUT2D eigenvalue weighted by atomic mass is 10.2. The third-order valence-corrected chi connectivity index (χ3v) is 5.04. The molecule has 5 nitrogen and oxygen atoms in total. The first-order chi connectivity index (χ1) is 9.53. The van der Waals surface area contributed by atoms with Crippen LogP contribution in [0, 0.1) is 0 Å². The van der Waals surface area contributed by atoms with Crippen LogP contribution in [0.4, 0.5) is 0 Å². The van der Waals surface area contributed by atoms with Crippen molar-refractivity contribution in [1.82, 2.24) is 9.62 Å². The van der Waals surface area contributed by atoms with Crippen molar-refractivity contribution < 1.29 is 13.5 Å². The van der Waals surface area contributed by atoms with E-state index in [0.29, 0.717) is 19.0 Å². The molecule has 1 saturated carbocycles. The van der Waals surface area contributed by atoms with E-state index in [1.165, 1.54) is 12.8 Å². The molecule has 0 atom stereocenters. The van der Waals surface area contributed by atoms with E-state index in [-0.39, 0.29) is 11.5 Å². The molecule has 0 bridgehead atoms. The lowest BCUT2D eigenvalue weighted by Crippen LogP contribution is -2.33. The number of hydrogen-bond donors (Lipinski definition) is 2. The zero-order valence-electron chi connectivity index (χ0n) is 11.7. The second kappa shape index (κ2) is 6.67. The molecule has 0 spiro atoms. The number of hydrogen-bond acceptors (Lipinski definition) is 4. The van der Waals surface area contributed by atoms with Crippen LogP contribution < -0.4 is 4.72 Å². The van der Waals surface area contributed by atoms with Gasteiger partial charge in [0.25, 0.3) is 0 Å². The first kappa shape index (κ1) is 15.4. The molecule has 0 aromatic heterocycles. The summed E-state index contributed by atoms with van der Waals surface area (Å²) >= 11 is 0.